The Balaban J connectivity index is 2.11. The summed E-state index contributed by atoms with van der Waals surface area (Å²) in [5.74, 6) is -0.496. The molecule has 6 nitrogen and oxygen atoms in total. The molecule has 2 aromatic carbocycles. The van der Waals surface area contributed by atoms with Crippen LogP contribution in [-0.2, 0) is 14.3 Å². The fourth-order valence-corrected chi connectivity index (χ4v) is 3.98. The molecule has 1 atom stereocenters. The minimum atomic E-state index is -0.911. The molecule has 0 saturated carbocycles. The predicted molar refractivity (Wildman–Crippen MR) is 121 cm³/mol. The first-order valence-electron chi connectivity index (χ1n) is 9.44. The van der Waals surface area contributed by atoms with Crippen molar-refractivity contribution in [2.45, 2.75) is 13.0 Å². The summed E-state index contributed by atoms with van der Waals surface area (Å²) in [5, 5.41) is 3.52. The second-order valence-corrected chi connectivity index (χ2v) is 7.47. The van der Waals surface area contributed by atoms with E-state index in [0.29, 0.717) is 22.2 Å². The molecule has 2 aromatic rings. The summed E-state index contributed by atoms with van der Waals surface area (Å²) in [5.41, 5.74) is 1.53. The fourth-order valence-electron chi connectivity index (χ4n) is 3.35. The Morgan fingerprint density at radius 3 is 2.52 bits per heavy atom. The van der Waals surface area contributed by atoms with Gasteiger partial charge < -0.3 is 19.5 Å². The summed E-state index contributed by atoms with van der Waals surface area (Å²) < 4.78 is 30.3. The number of halogens is 2. The second-order valence-electron chi connectivity index (χ2n) is 6.68. The topological polar surface area (TPSA) is 60.0 Å². The van der Waals surface area contributed by atoms with E-state index in [0.717, 1.165) is 0 Å². The lowest BCUT2D eigenvalue weighted by atomic mass is 9.94. The highest BCUT2D eigenvalue weighted by molar-refractivity contribution is 7.80. The molecule has 0 radical (unpaired) electrons. The van der Waals surface area contributed by atoms with E-state index in [4.69, 9.17) is 38.0 Å². The first-order chi connectivity index (χ1) is 14.9. The van der Waals surface area contributed by atoms with Crippen molar-refractivity contribution in [1.29, 1.82) is 0 Å². The van der Waals surface area contributed by atoms with E-state index in [9.17, 15) is 9.18 Å². The van der Waals surface area contributed by atoms with Crippen LogP contribution in [0.3, 0.4) is 0 Å². The largest absolute Gasteiger partial charge is 0.497 e. The quantitative estimate of drug-likeness (QED) is 0.370. The third kappa shape index (κ3) is 4.81. The van der Waals surface area contributed by atoms with Crippen molar-refractivity contribution in [2.24, 2.45) is 0 Å². The van der Waals surface area contributed by atoms with Gasteiger partial charge in [0.2, 0.25) is 0 Å². The van der Waals surface area contributed by atoms with Gasteiger partial charge in [-0.1, -0.05) is 17.7 Å². The number of carbonyl (C=O) groups excluding carboxylic acids is 1. The summed E-state index contributed by atoms with van der Waals surface area (Å²) in [6.45, 7) is 2.01. The molecule has 1 N–H and O–H groups in total. The van der Waals surface area contributed by atoms with Crippen molar-refractivity contribution in [3.63, 3.8) is 0 Å². The molecule has 0 fully saturated rings. The van der Waals surface area contributed by atoms with Crippen LogP contribution in [0.25, 0.3) is 0 Å². The smallest absolute Gasteiger partial charge is 0.338 e. The van der Waals surface area contributed by atoms with E-state index in [-0.39, 0.29) is 29.4 Å². The summed E-state index contributed by atoms with van der Waals surface area (Å²) in [7, 11) is 3.08. The first-order valence-corrected chi connectivity index (χ1v) is 10.2. The Bertz CT molecular complexity index is 993. The van der Waals surface area contributed by atoms with Gasteiger partial charge in [-0.25, -0.2) is 9.18 Å². The van der Waals surface area contributed by atoms with Crippen LogP contribution in [0.15, 0.2) is 53.7 Å². The van der Waals surface area contributed by atoms with E-state index in [2.05, 4.69) is 5.32 Å². The number of rotatable bonds is 7. The van der Waals surface area contributed by atoms with Gasteiger partial charge in [-0.2, -0.15) is 0 Å². The minimum absolute atomic E-state index is 0.0524. The molecule has 0 saturated heterocycles. The monoisotopic (exact) mass is 464 g/mol. The van der Waals surface area contributed by atoms with E-state index < -0.39 is 17.8 Å². The first kappa shape index (κ1) is 23.0. The maximum atomic E-state index is 14.7. The van der Waals surface area contributed by atoms with E-state index in [1.54, 1.807) is 49.3 Å². The van der Waals surface area contributed by atoms with Gasteiger partial charge in [-0.3, -0.25) is 4.90 Å². The van der Waals surface area contributed by atoms with Crippen LogP contribution >= 0.6 is 23.8 Å². The number of esters is 1. The van der Waals surface area contributed by atoms with Crippen molar-refractivity contribution >= 4 is 40.6 Å². The van der Waals surface area contributed by atoms with Gasteiger partial charge >= 0.3 is 5.97 Å². The van der Waals surface area contributed by atoms with Gasteiger partial charge in [-0.15, -0.1) is 0 Å². The van der Waals surface area contributed by atoms with Crippen molar-refractivity contribution in [1.82, 2.24) is 5.32 Å². The highest BCUT2D eigenvalue weighted by atomic mass is 35.5. The number of hydrogen-bond donors (Lipinski definition) is 1. The number of anilines is 1. The molecule has 1 aliphatic rings. The zero-order valence-corrected chi connectivity index (χ0v) is 18.8. The number of carbonyl (C=O) groups is 1. The van der Waals surface area contributed by atoms with Crippen LogP contribution in [-0.4, -0.2) is 38.5 Å². The lowest BCUT2D eigenvalue weighted by Crippen LogP contribution is -2.48. The highest BCUT2D eigenvalue weighted by Gasteiger charge is 2.37. The standard InChI is InChI=1S/C22H22ClFN2O4S/c1-13-18(21(27)30-12-11-28-2)20(19-16(23)5-4-6-17(19)24)25-22(31)26(13)14-7-9-15(29-3)10-8-14/h4-10,20H,11-12H2,1-3H3,(H,25,31). The van der Waals surface area contributed by atoms with Gasteiger partial charge in [0.1, 0.15) is 18.2 Å². The third-order valence-electron chi connectivity index (χ3n) is 4.84. The number of methoxy groups -OCH3 is 2. The van der Waals surface area contributed by atoms with E-state index in [1.807, 2.05) is 0 Å². The van der Waals surface area contributed by atoms with Crippen LogP contribution in [0, 0.1) is 5.82 Å². The van der Waals surface area contributed by atoms with Gasteiger partial charge in [0, 0.05) is 29.1 Å². The molecule has 1 aliphatic heterocycles. The maximum Gasteiger partial charge on any atom is 0.338 e. The molecular weight excluding hydrogens is 443 g/mol. The van der Waals surface area contributed by atoms with Gasteiger partial charge in [0.25, 0.3) is 0 Å². The fraction of sp³-hybridized carbons (Fsp3) is 0.273. The van der Waals surface area contributed by atoms with Crippen LogP contribution < -0.4 is 15.0 Å². The number of nitrogens with one attached hydrogen (secondary N) is 1. The molecule has 0 spiro atoms. The van der Waals surface area contributed by atoms with Crippen LogP contribution in [0.1, 0.15) is 18.5 Å². The van der Waals surface area contributed by atoms with E-state index in [1.165, 1.54) is 19.2 Å². The number of hydrogen-bond acceptors (Lipinski definition) is 5. The Morgan fingerprint density at radius 1 is 1.19 bits per heavy atom. The van der Waals surface area contributed by atoms with Crippen LogP contribution in [0.2, 0.25) is 5.02 Å². The van der Waals surface area contributed by atoms with Crippen molar-refractivity contribution < 1.29 is 23.4 Å². The minimum Gasteiger partial charge on any atom is -0.497 e. The Kier molecular flexibility index (Phi) is 7.48. The summed E-state index contributed by atoms with van der Waals surface area (Å²) in [6.07, 6.45) is 0. The molecular formula is C22H22ClFN2O4S. The molecule has 0 aromatic heterocycles. The Hall–Kier alpha value is -2.68. The van der Waals surface area contributed by atoms with Crippen molar-refractivity contribution in [3.05, 3.63) is 70.1 Å². The molecule has 1 heterocycles. The zero-order valence-electron chi connectivity index (χ0n) is 17.3. The van der Waals surface area contributed by atoms with Crippen molar-refractivity contribution in [2.75, 3.05) is 32.3 Å². The number of ether oxygens (including phenoxy) is 3. The number of allylic oxidation sites excluding steroid dienone is 1. The normalized spacial score (nSPS) is 16.2. The van der Waals surface area contributed by atoms with Gasteiger partial charge in [0.15, 0.2) is 5.11 Å². The average molecular weight is 465 g/mol. The van der Waals surface area contributed by atoms with Crippen molar-refractivity contribution in [3.8, 4) is 5.75 Å². The lowest BCUT2D eigenvalue weighted by Gasteiger charge is -2.37. The Morgan fingerprint density at radius 2 is 1.90 bits per heavy atom. The molecule has 164 valence electrons. The summed E-state index contributed by atoms with van der Waals surface area (Å²) in [6, 6.07) is 10.6. The molecule has 3 rings (SSSR count). The van der Waals surface area contributed by atoms with E-state index >= 15 is 0 Å². The number of thiocarbonyl (C=S) groups is 1. The number of nitrogens with zero attached hydrogens (tertiary/aromatic N) is 1. The van der Waals surface area contributed by atoms with Crippen LogP contribution in [0.4, 0.5) is 10.1 Å². The molecule has 9 heteroatoms. The highest BCUT2D eigenvalue weighted by Crippen LogP contribution is 2.38. The molecule has 31 heavy (non-hydrogen) atoms. The van der Waals surface area contributed by atoms with Gasteiger partial charge in [0.05, 0.1) is 25.3 Å². The number of benzene rings is 2. The molecule has 0 bridgehead atoms. The second kappa shape index (κ2) is 10.1. The summed E-state index contributed by atoms with van der Waals surface area (Å²) in [4.78, 5) is 14.7. The molecule has 1 unspecified atom stereocenters. The third-order valence-corrected chi connectivity index (χ3v) is 5.47. The maximum absolute atomic E-state index is 14.7. The zero-order chi connectivity index (χ0) is 22.5. The summed E-state index contributed by atoms with van der Waals surface area (Å²) >= 11 is 11.9. The molecule has 0 amide bonds. The van der Waals surface area contributed by atoms with Crippen LogP contribution in [0.5, 0.6) is 5.75 Å². The Labute approximate surface area is 190 Å². The average Bonchev–Trinajstić information content (AvgIpc) is 2.74. The van der Waals surface area contributed by atoms with Gasteiger partial charge in [-0.05, 0) is 55.5 Å². The predicted octanol–water partition coefficient (Wildman–Crippen LogP) is 4.39. The molecule has 0 aliphatic carbocycles. The SMILES string of the molecule is COCCOC(=O)C1=C(C)N(c2ccc(OC)cc2)C(=S)NC1c1c(F)cccc1Cl. The lowest BCUT2D eigenvalue weighted by molar-refractivity contribution is -0.140.